The molecule has 1 aromatic carbocycles. The first kappa shape index (κ1) is 12.9. The van der Waals surface area contributed by atoms with Gasteiger partial charge in [-0.25, -0.2) is 4.79 Å². The van der Waals surface area contributed by atoms with Gasteiger partial charge in [0.1, 0.15) is 5.54 Å². The molecule has 1 aliphatic rings. The summed E-state index contributed by atoms with van der Waals surface area (Å²) in [5.74, 6) is 0.299. The third kappa shape index (κ3) is 1.98. The van der Waals surface area contributed by atoms with E-state index in [9.17, 15) is 9.90 Å². The lowest BCUT2D eigenvalue weighted by molar-refractivity contribution is 0.350. The maximum absolute atomic E-state index is 10.7. The molecule has 18 heavy (non-hydrogen) atoms. The van der Waals surface area contributed by atoms with E-state index in [1.165, 1.54) is 13.2 Å². The Morgan fingerprint density at radius 1 is 1.44 bits per heavy atom. The van der Waals surface area contributed by atoms with Crippen LogP contribution in [0.2, 0.25) is 5.02 Å². The first-order valence-corrected chi connectivity index (χ1v) is 6.17. The maximum Gasteiger partial charge on any atom is 0.235 e. The minimum atomic E-state index is -0.705. The van der Waals surface area contributed by atoms with Gasteiger partial charge in [0.05, 0.1) is 12.1 Å². The number of isocyanates is 1. The number of hydrogen-bond acceptors (Lipinski definition) is 4. The van der Waals surface area contributed by atoms with E-state index in [4.69, 9.17) is 16.3 Å². The number of aromatic hydroxyl groups is 1. The minimum Gasteiger partial charge on any atom is -0.504 e. The van der Waals surface area contributed by atoms with Crippen molar-refractivity contribution < 1.29 is 14.6 Å². The van der Waals surface area contributed by atoms with Crippen LogP contribution in [-0.2, 0) is 10.3 Å². The number of aliphatic imine (C=N–C) groups is 1. The minimum absolute atomic E-state index is 0.00396. The Morgan fingerprint density at radius 3 is 2.67 bits per heavy atom. The molecule has 2 rings (SSSR count). The van der Waals surface area contributed by atoms with Crippen LogP contribution in [0.4, 0.5) is 0 Å². The summed E-state index contributed by atoms with van der Waals surface area (Å²) in [4.78, 5) is 14.7. The Morgan fingerprint density at radius 2 is 2.11 bits per heavy atom. The normalized spacial score (nSPS) is 17.2. The second-order valence-corrected chi connectivity index (χ2v) is 4.82. The highest BCUT2D eigenvalue weighted by molar-refractivity contribution is 6.31. The summed E-state index contributed by atoms with van der Waals surface area (Å²) < 4.78 is 5.22. The third-order valence-corrected chi connectivity index (χ3v) is 3.76. The molecule has 4 nitrogen and oxygen atoms in total. The molecule has 1 aliphatic carbocycles. The number of nitrogens with zero attached hydrogens (tertiary/aromatic N) is 1. The second-order valence-electron chi connectivity index (χ2n) is 4.42. The number of phenolic OH excluding ortho intramolecular Hbond substituents is 1. The largest absolute Gasteiger partial charge is 0.504 e. The molecular weight excluding hydrogens is 254 g/mol. The van der Waals surface area contributed by atoms with Gasteiger partial charge >= 0.3 is 0 Å². The molecule has 0 atom stereocenters. The van der Waals surface area contributed by atoms with Crippen LogP contribution < -0.4 is 4.74 Å². The van der Waals surface area contributed by atoms with Gasteiger partial charge in [0.2, 0.25) is 6.08 Å². The molecular formula is C13H14ClNO3. The first-order chi connectivity index (χ1) is 8.64. The van der Waals surface area contributed by atoms with Crippen LogP contribution in [0.15, 0.2) is 17.1 Å². The average molecular weight is 268 g/mol. The zero-order chi connectivity index (χ0) is 13.2. The molecule has 0 heterocycles. The molecule has 1 fully saturated rings. The number of rotatable bonds is 3. The zero-order valence-electron chi connectivity index (χ0n) is 10.1. The number of halogens is 1. The number of ether oxygens (including phenoxy) is 1. The summed E-state index contributed by atoms with van der Waals surface area (Å²) in [5.41, 5.74) is -0.115. The highest BCUT2D eigenvalue weighted by Gasteiger charge is 2.40. The summed E-state index contributed by atoms with van der Waals surface area (Å²) in [6.07, 6.45) is 4.96. The van der Waals surface area contributed by atoms with Crippen molar-refractivity contribution >= 4 is 17.7 Å². The van der Waals surface area contributed by atoms with E-state index in [0.29, 0.717) is 29.2 Å². The lowest BCUT2D eigenvalue weighted by atomic mass is 9.88. The maximum atomic E-state index is 10.7. The number of carbonyl (C=O) groups excluding carboxylic acids is 1. The molecule has 5 heteroatoms. The topological polar surface area (TPSA) is 58.9 Å². The fourth-order valence-electron chi connectivity index (χ4n) is 2.65. The van der Waals surface area contributed by atoms with Gasteiger partial charge in [-0.05, 0) is 25.0 Å². The molecule has 0 unspecified atom stereocenters. The summed E-state index contributed by atoms with van der Waals surface area (Å²) in [6.45, 7) is 0. The average Bonchev–Trinajstić information content (AvgIpc) is 2.81. The first-order valence-electron chi connectivity index (χ1n) is 5.79. The molecule has 96 valence electrons. The lowest BCUT2D eigenvalue weighted by Gasteiger charge is -2.26. The molecule has 0 amide bonds. The van der Waals surface area contributed by atoms with E-state index in [1.54, 1.807) is 12.1 Å². The van der Waals surface area contributed by atoms with E-state index >= 15 is 0 Å². The van der Waals surface area contributed by atoms with Crippen LogP contribution in [-0.4, -0.2) is 18.3 Å². The van der Waals surface area contributed by atoms with Crippen LogP contribution in [0, 0.1) is 0 Å². The predicted molar refractivity (Wildman–Crippen MR) is 67.9 cm³/mol. The molecule has 0 bridgehead atoms. The molecule has 1 N–H and O–H groups in total. The van der Waals surface area contributed by atoms with Gasteiger partial charge in [0.15, 0.2) is 11.5 Å². The Bertz CT molecular complexity index is 503. The van der Waals surface area contributed by atoms with Gasteiger partial charge in [0.25, 0.3) is 0 Å². The molecule has 0 aromatic heterocycles. The van der Waals surface area contributed by atoms with Gasteiger partial charge in [-0.1, -0.05) is 24.4 Å². The van der Waals surface area contributed by atoms with Gasteiger partial charge < -0.3 is 9.84 Å². The highest BCUT2D eigenvalue weighted by Crippen LogP contribution is 2.50. The summed E-state index contributed by atoms with van der Waals surface area (Å²) >= 11 is 6.20. The van der Waals surface area contributed by atoms with Gasteiger partial charge in [-0.2, -0.15) is 4.99 Å². The molecule has 1 saturated carbocycles. The molecule has 0 spiro atoms. The number of hydrogen-bond donors (Lipinski definition) is 1. The van der Waals surface area contributed by atoms with Gasteiger partial charge in [-0.15, -0.1) is 0 Å². The number of benzene rings is 1. The van der Waals surface area contributed by atoms with Crippen LogP contribution >= 0.6 is 11.6 Å². The van der Waals surface area contributed by atoms with Crippen LogP contribution in [0.1, 0.15) is 31.2 Å². The Kier molecular flexibility index (Phi) is 3.60. The smallest absolute Gasteiger partial charge is 0.235 e. The second kappa shape index (κ2) is 5.01. The number of methoxy groups -OCH3 is 1. The highest BCUT2D eigenvalue weighted by atomic mass is 35.5. The van der Waals surface area contributed by atoms with Crippen molar-refractivity contribution in [3.05, 3.63) is 22.7 Å². The lowest BCUT2D eigenvalue weighted by Crippen LogP contribution is -2.20. The van der Waals surface area contributed by atoms with Crippen molar-refractivity contribution in [3.8, 4) is 11.5 Å². The van der Waals surface area contributed by atoms with Crippen LogP contribution in [0.25, 0.3) is 0 Å². The SMILES string of the molecule is COc1c(O)ccc(Cl)c1C1(N=C=O)CCCC1. The summed E-state index contributed by atoms with van der Waals surface area (Å²) in [5, 5.41) is 10.3. The van der Waals surface area contributed by atoms with Crippen molar-refractivity contribution in [2.75, 3.05) is 7.11 Å². The zero-order valence-corrected chi connectivity index (χ0v) is 10.8. The van der Waals surface area contributed by atoms with E-state index in [1.807, 2.05) is 0 Å². The van der Waals surface area contributed by atoms with Crippen molar-refractivity contribution in [1.29, 1.82) is 0 Å². The predicted octanol–water partition coefficient (Wildman–Crippen LogP) is 3.16. The molecule has 0 radical (unpaired) electrons. The Labute approximate surface area is 110 Å². The fraction of sp³-hybridized carbons (Fsp3) is 0.462. The van der Waals surface area contributed by atoms with E-state index < -0.39 is 5.54 Å². The third-order valence-electron chi connectivity index (χ3n) is 3.45. The van der Waals surface area contributed by atoms with Crippen molar-refractivity contribution in [3.63, 3.8) is 0 Å². The van der Waals surface area contributed by atoms with Gasteiger partial charge in [-0.3, -0.25) is 0 Å². The van der Waals surface area contributed by atoms with Crippen LogP contribution in [0.3, 0.4) is 0 Å². The Balaban J connectivity index is 2.68. The molecule has 0 aliphatic heterocycles. The molecule has 1 aromatic rings. The van der Waals surface area contributed by atoms with Crippen molar-refractivity contribution in [1.82, 2.24) is 0 Å². The van der Waals surface area contributed by atoms with E-state index in [0.717, 1.165) is 12.8 Å². The summed E-state index contributed by atoms with van der Waals surface area (Å²) in [7, 11) is 1.46. The van der Waals surface area contributed by atoms with Crippen LogP contribution in [0.5, 0.6) is 11.5 Å². The summed E-state index contributed by atoms with van der Waals surface area (Å²) in [6, 6.07) is 3.06. The fourth-order valence-corrected chi connectivity index (χ4v) is 2.98. The van der Waals surface area contributed by atoms with Gasteiger partial charge in [0, 0.05) is 5.56 Å². The van der Waals surface area contributed by atoms with Crippen molar-refractivity contribution in [2.45, 2.75) is 31.2 Å². The number of phenols is 1. The monoisotopic (exact) mass is 267 g/mol. The van der Waals surface area contributed by atoms with Crippen molar-refractivity contribution in [2.24, 2.45) is 4.99 Å². The Hall–Kier alpha value is -1.51. The quantitative estimate of drug-likeness (QED) is 0.676. The standard InChI is InChI=1S/C13H14ClNO3/c1-18-12-10(17)5-4-9(14)11(12)13(15-8-16)6-2-3-7-13/h4-5,17H,2-3,6-7H2,1H3. The van der Waals surface area contributed by atoms with E-state index in [2.05, 4.69) is 4.99 Å². The molecule has 0 saturated heterocycles. The van der Waals surface area contributed by atoms with E-state index in [-0.39, 0.29) is 5.75 Å².